The molecule has 156 valence electrons. The zero-order valence-corrected chi connectivity index (χ0v) is 17.8. The summed E-state index contributed by atoms with van der Waals surface area (Å²) in [7, 11) is 1.53. The van der Waals surface area contributed by atoms with Crippen molar-refractivity contribution in [3.05, 3.63) is 47.0 Å². The fourth-order valence-corrected chi connectivity index (χ4v) is 3.56. The first-order chi connectivity index (χ1) is 13.9. The number of aromatic hydroxyl groups is 1. The van der Waals surface area contributed by atoms with E-state index in [0.29, 0.717) is 60.8 Å². The highest BCUT2D eigenvalue weighted by Gasteiger charge is 2.25. The maximum Gasteiger partial charge on any atom is 0.254 e. The number of para-hydroxylation sites is 2. The molecule has 1 aliphatic rings. The fraction of sp³-hybridized carbons (Fsp3) is 0.409. The van der Waals surface area contributed by atoms with Crippen LogP contribution >= 0.6 is 11.6 Å². The molecular weight excluding hydrogens is 392 g/mol. The van der Waals surface area contributed by atoms with Crippen LogP contribution in [0.5, 0.6) is 17.2 Å². The summed E-state index contributed by atoms with van der Waals surface area (Å²) in [6, 6.07) is 10.6. The zero-order valence-electron chi connectivity index (χ0n) is 17.0. The summed E-state index contributed by atoms with van der Waals surface area (Å²) < 4.78 is 11.2. The van der Waals surface area contributed by atoms with E-state index < -0.39 is 0 Å². The number of benzene rings is 2. The minimum absolute atomic E-state index is 0.0995. The summed E-state index contributed by atoms with van der Waals surface area (Å²) in [5.74, 6) is 1.41. The number of rotatable bonds is 6. The van der Waals surface area contributed by atoms with Gasteiger partial charge in [0.1, 0.15) is 5.75 Å². The molecule has 1 saturated heterocycles. The second kappa shape index (κ2) is 9.27. The van der Waals surface area contributed by atoms with Crippen LogP contribution in [-0.2, 0) is 0 Å². The number of ether oxygens (including phenoxy) is 2. The molecule has 0 atom stereocenters. The monoisotopic (exact) mass is 418 g/mol. The summed E-state index contributed by atoms with van der Waals surface area (Å²) in [5, 5.41) is 10.4. The topological polar surface area (TPSA) is 62.2 Å². The van der Waals surface area contributed by atoms with Crippen LogP contribution in [0.4, 0.5) is 5.69 Å². The summed E-state index contributed by atoms with van der Waals surface area (Å²) in [6.07, 6.45) is 0. The Balaban J connectivity index is 1.71. The number of phenols is 1. The van der Waals surface area contributed by atoms with Gasteiger partial charge in [0, 0.05) is 31.7 Å². The normalized spacial score (nSPS) is 14.2. The summed E-state index contributed by atoms with van der Waals surface area (Å²) in [6.45, 7) is 7.00. The lowest BCUT2D eigenvalue weighted by Gasteiger charge is -2.36. The summed E-state index contributed by atoms with van der Waals surface area (Å²) in [4.78, 5) is 16.9. The fourth-order valence-electron chi connectivity index (χ4n) is 3.30. The molecule has 29 heavy (non-hydrogen) atoms. The van der Waals surface area contributed by atoms with Crippen molar-refractivity contribution in [2.24, 2.45) is 5.92 Å². The zero-order chi connectivity index (χ0) is 21.0. The number of nitrogens with zero attached hydrogens (tertiary/aromatic N) is 2. The Bertz CT molecular complexity index is 864. The van der Waals surface area contributed by atoms with Gasteiger partial charge in [-0.05, 0) is 30.2 Å². The molecule has 0 saturated carbocycles. The number of carbonyl (C=O) groups is 1. The van der Waals surface area contributed by atoms with Gasteiger partial charge in [0.15, 0.2) is 11.5 Å². The lowest BCUT2D eigenvalue weighted by atomic mass is 10.1. The second-order valence-electron chi connectivity index (χ2n) is 7.46. The van der Waals surface area contributed by atoms with Gasteiger partial charge < -0.3 is 24.4 Å². The predicted octanol–water partition coefficient (Wildman–Crippen LogP) is 4.05. The number of piperazine rings is 1. The first kappa shape index (κ1) is 21.1. The minimum atomic E-state index is -0.0995. The highest BCUT2D eigenvalue weighted by Crippen LogP contribution is 2.37. The standard InChI is InChI=1S/C22H27ClN2O4/c1-15(2)14-29-21-17(23)12-16(13-20(21)28-3)22(27)25-10-8-24(9-11-25)18-6-4-5-7-19(18)26/h4-7,12-13,15,26H,8-11,14H2,1-3H3. The highest BCUT2D eigenvalue weighted by molar-refractivity contribution is 6.32. The van der Waals surface area contributed by atoms with E-state index in [1.54, 1.807) is 29.2 Å². The molecule has 0 unspecified atom stereocenters. The first-order valence-corrected chi connectivity index (χ1v) is 10.1. The van der Waals surface area contributed by atoms with E-state index in [1.807, 2.05) is 26.0 Å². The van der Waals surface area contributed by atoms with Gasteiger partial charge in [-0.3, -0.25) is 4.79 Å². The van der Waals surface area contributed by atoms with Crippen LogP contribution in [0.3, 0.4) is 0 Å². The quantitative estimate of drug-likeness (QED) is 0.766. The number of hydrogen-bond donors (Lipinski definition) is 1. The number of methoxy groups -OCH3 is 1. The number of phenolic OH excluding ortho intramolecular Hbond substituents is 1. The Morgan fingerprint density at radius 1 is 1.17 bits per heavy atom. The van der Waals surface area contributed by atoms with E-state index in [2.05, 4.69) is 4.90 Å². The molecule has 1 heterocycles. The van der Waals surface area contributed by atoms with Crippen molar-refractivity contribution in [1.82, 2.24) is 4.90 Å². The molecule has 6 nitrogen and oxygen atoms in total. The van der Waals surface area contributed by atoms with Gasteiger partial charge in [-0.1, -0.05) is 37.6 Å². The number of hydrogen-bond acceptors (Lipinski definition) is 5. The average molecular weight is 419 g/mol. The van der Waals surface area contributed by atoms with E-state index in [-0.39, 0.29) is 11.7 Å². The van der Waals surface area contributed by atoms with E-state index >= 15 is 0 Å². The van der Waals surface area contributed by atoms with Crippen molar-refractivity contribution in [3.63, 3.8) is 0 Å². The molecule has 0 bridgehead atoms. The maximum atomic E-state index is 13.0. The Kier molecular flexibility index (Phi) is 6.75. The molecule has 7 heteroatoms. The molecule has 0 aliphatic carbocycles. The molecular formula is C22H27ClN2O4. The van der Waals surface area contributed by atoms with Gasteiger partial charge in [-0.25, -0.2) is 0 Å². The van der Waals surface area contributed by atoms with Gasteiger partial charge in [-0.15, -0.1) is 0 Å². The Morgan fingerprint density at radius 2 is 1.86 bits per heavy atom. The van der Waals surface area contributed by atoms with Gasteiger partial charge in [0.05, 0.1) is 24.4 Å². The molecule has 2 aromatic carbocycles. The molecule has 2 aromatic rings. The maximum absolute atomic E-state index is 13.0. The average Bonchev–Trinajstić information content (AvgIpc) is 2.72. The predicted molar refractivity (Wildman–Crippen MR) is 115 cm³/mol. The van der Waals surface area contributed by atoms with Crippen molar-refractivity contribution in [2.45, 2.75) is 13.8 Å². The van der Waals surface area contributed by atoms with Gasteiger partial charge in [0.2, 0.25) is 0 Å². The van der Waals surface area contributed by atoms with Crippen LogP contribution in [-0.4, -0.2) is 55.8 Å². The van der Waals surface area contributed by atoms with E-state index in [9.17, 15) is 9.90 Å². The van der Waals surface area contributed by atoms with Gasteiger partial charge in [0.25, 0.3) is 5.91 Å². The molecule has 1 fully saturated rings. The van der Waals surface area contributed by atoms with Crippen molar-refractivity contribution in [2.75, 3.05) is 44.8 Å². The van der Waals surface area contributed by atoms with Crippen LogP contribution in [0, 0.1) is 5.92 Å². The van der Waals surface area contributed by atoms with Crippen molar-refractivity contribution < 1.29 is 19.4 Å². The van der Waals surface area contributed by atoms with Gasteiger partial charge in [-0.2, -0.15) is 0 Å². The Hall–Kier alpha value is -2.60. The lowest BCUT2D eigenvalue weighted by molar-refractivity contribution is 0.0746. The molecule has 0 radical (unpaired) electrons. The van der Waals surface area contributed by atoms with Crippen molar-refractivity contribution >= 4 is 23.2 Å². The Labute approximate surface area is 176 Å². The minimum Gasteiger partial charge on any atom is -0.506 e. The third kappa shape index (κ3) is 4.88. The Morgan fingerprint density at radius 3 is 2.48 bits per heavy atom. The molecule has 0 spiro atoms. The van der Waals surface area contributed by atoms with Crippen molar-refractivity contribution in [3.8, 4) is 17.2 Å². The highest BCUT2D eigenvalue weighted by atomic mass is 35.5. The lowest BCUT2D eigenvalue weighted by Crippen LogP contribution is -2.48. The molecule has 3 rings (SSSR count). The molecule has 1 amide bonds. The smallest absolute Gasteiger partial charge is 0.254 e. The van der Waals surface area contributed by atoms with E-state index in [0.717, 1.165) is 5.69 Å². The second-order valence-corrected chi connectivity index (χ2v) is 7.87. The summed E-state index contributed by atoms with van der Waals surface area (Å²) >= 11 is 6.39. The van der Waals surface area contributed by atoms with Crippen LogP contribution in [0.15, 0.2) is 36.4 Å². The van der Waals surface area contributed by atoms with Crippen LogP contribution in [0.2, 0.25) is 5.02 Å². The third-order valence-corrected chi connectivity index (χ3v) is 5.11. The molecule has 1 N–H and O–H groups in total. The SMILES string of the molecule is COc1cc(C(=O)N2CCN(c3ccccc3O)CC2)cc(Cl)c1OCC(C)C. The first-order valence-electron chi connectivity index (χ1n) is 9.73. The van der Waals surface area contributed by atoms with Crippen LogP contribution in [0.25, 0.3) is 0 Å². The molecule has 0 aromatic heterocycles. The third-order valence-electron chi connectivity index (χ3n) is 4.83. The number of halogens is 1. The molecule has 1 aliphatic heterocycles. The van der Waals surface area contributed by atoms with E-state index in [1.165, 1.54) is 7.11 Å². The van der Waals surface area contributed by atoms with Crippen molar-refractivity contribution in [1.29, 1.82) is 0 Å². The number of carbonyl (C=O) groups excluding carboxylic acids is 1. The number of anilines is 1. The van der Waals surface area contributed by atoms with Crippen LogP contribution < -0.4 is 14.4 Å². The van der Waals surface area contributed by atoms with E-state index in [4.69, 9.17) is 21.1 Å². The number of amides is 1. The van der Waals surface area contributed by atoms with Crippen LogP contribution in [0.1, 0.15) is 24.2 Å². The van der Waals surface area contributed by atoms with Gasteiger partial charge >= 0.3 is 0 Å². The summed E-state index contributed by atoms with van der Waals surface area (Å²) in [5.41, 5.74) is 1.26. The largest absolute Gasteiger partial charge is 0.506 e.